The minimum atomic E-state index is -3.65. The van der Waals surface area contributed by atoms with Gasteiger partial charge in [0.2, 0.25) is 0 Å². The zero-order valence-electron chi connectivity index (χ0n) is 12.5. The van der Waals surface area contributed by atoms with Crippen LogP contribution in [0.4, 0.5) is 0 Å². The molecule has 0 fully saturated rings. The fourth-order valence-electron chi connectivity index (χ4n) is 2.01. The lowest BCUT2D eigenvalue weighted by Gasteiger charge is -2.05. The van der Waals surface area contributed by atoms with Crippen molar-refractivity contribution < 1.29 is 8.42 Å². The molecule has 22 heavy (non-hydrogen) atoms. The van der Waals surface area contributed by atoms with E-state index in [2.05, 4.69) is 9.93 Å². The van der Waals surface area contributed by atoms with Crippen molar-refractivity contribution >= 4 is 39.3 Å². The van der Waals surface area contributed by atoms with Crippen LogP contribution in [0.5, 0.6) is 0 Å². The summed E-state index contributed by atoms with van der Waals surface area (Å²) in [6.45, 7) is 6.52. The van der Waals surface area contributed by atoms with Crippen LogP contribution in [0.2, 0.25) is 0 Å². The molecule has 0 atom stereocenters. The molecule has 0 aliphatic carbocycles. The predicted octanol–water partition coefficient (Wildman–Crippen LogP) is 3.31. The summed E-state index contributed by atoms with van der Waals surface area (Å²) in [6.07, 6.45) is 0. The molecule has 2 rings (SSSR count). The maximum absolute atomic E-state index is 12.1. The number of nitrogens with one attached hydrogen (secondary N) is 1. The zero-order chi connectivity index (χ0) is 16.3. The number of hydrogen-bond donors (Lipinski definition) is 1. The third-order valence-corrected chi connectivity index (χ3v) is 6.06. The Labute approximate surface area is 139 Å². The second kappa shape index (κ2) is 6.72. The third-order valence-electron chi connectivity index (χ3n) is 3.18. The van der Waals surface area contributed by atoms with Gasteiger partial charge in [0, 0.05) is 12.2 Å². The molecule has 0 spiro atoms. The van der Waals surface area contributed by atoms with Crippen molar-refractivity contribution in [2.75, 3.05) is 0 Å². The van der Waals surface area contributed by atoms with Gasteiger partial charge in [-0.2, -0.15) is 18.4 Å². The minimum absolute atomic E-state index is 0.182. The molecular weight excluding hydrogens is 338 g/mol. The van der Waals surface area contributed by atoms with Crippen LogP contribution in [0.25, 0.3) is 0 Å². The SMILES string of the molecule is CCn1c(C)c(/C(C)=N\NS(=O)(=O)c2ccccc2)sc1=S. The van der Waals surface area contributed by atoms with Crippen LogP contribution in [0.3, 0.4) is 0 Å². The highest BCUT2D eigenvalue weighted by Crippen LogP contribution is 2.20. The smallest absolute Gasteiger partial charge is 0.276 e. The van der Waals surface area contributed by atoms with Gasteiger partial charge in [-0.05, 0) is 45.1 Å². The van der Waals surface area contributed by atoms with Gasteiger partial charge in [0.15, 0.2) is 3.95 Å². The lowest BCUT2D eigenvalue weighted by Crippen LogP contribution is -2.19. The van der Waals surface area contributed by atoms with Crippen molar-refractivity contribution in [3.63, 3.8) is 0 Å². The molecule has 1 heterocycles. The van der Waals surface area contributed by atoms with Crippen LogP contribution in [0, 0.1) is 10.9 Å². The summed E-state index contributed by atoms with van der Waals surface area (Å²) in [4.78, 5) is 3.34. The lowest BCUT2D eigenvalue weighted by atomic mass is 10.3. The first-order valence-electron chi connectivity index (χ1n) is 6.68. The van der Waals surface area contributed by atoms with Gasteiger partial charge in [-0.1, -0.05) is 18.2 Å². The van der Waals surface area contributed by atoms with Crippen molar-refractivity contribution in [2.24, 2.45) is 5.10 Å². The number of aromatic nitrogens is 1. The van der Waals surface area contributed by atoms with Gasteiger partial charge in [-0.25, -0.2) is 0 Å². The molecule has 0 radical (unpaired) electrons. The van der Waals surface area contributed by atoms with E-state index < -0.39 is 10.0 Å². The Kier molecular flexibility index (Phi) is 5.15. The number of nitrogens with zero attached hydrogens (tertiary/aromatic N) is 2. The molecule has 0 aliphatic heterocycles. The molecule has 1 aromatic carbocycles. The maximum Gasteiger partial charge on any atom is 0.276 e. The van der Waals surface area contributed by atoms with E-state index in [1.807, 2.05) is 18.4 Å². The van der Waals surface area contributed by atoms with Crippen molar-refractivity contribution in [2.45, 2.75) is 32.2 Å². The van der Waals surface area contributed by atoms with Crippen molar-refractivity contribution in [3.8, 4) is 0 Å². The first kappa shape index (κ1) is 16.9. The van der Waals surface area contributed by atoms with Gasteiger partial charge in [-0.3, -0.25) is 0 Å². The van der Waals surface area contributed by atoms with Crippen molar-refractivity contribution in [3.05, 3.63) is 44.9 Å². The van der Waals surface area contributed by atoms with E-state index in [4.69, 9.17) is 12.2 Å². The summed E-state index contributed by atoms with van der Waals surface area (Å²) < 4.78 is 27.0. The van der Waals surface area contributed by atoms with E-state index in [-0.39, 0.29) is 4.90 Å². The number of benzene rings is 1. The van der Waals surface area contributed by atoms with Gasteiger partial charge in [-0.15, -0.1) is 11.3 Å². The Balaban J connectivity index is 2.29. The number of sulfonamides is 1. The Morgan fingerprint density at radius 3 is 2.55 bits per heavy atom. The van der Waals surface area contributed by atoms with E-state index in [9.17, 15) is 8.42 Å². The molecule has 0 amide bonds. The molecule has 0 bridgehead atoms. The molecule has 0 saturated carbocycles. The molecule has 1 N–H and O–H groups in total. The number of hydrogen-bond acceptors (Lipinski definition) is 5. The number of hydrazone groups is 1. The number of thiazole rings is 1. The molecule has 0 aliphatic rings. The third kappa shape index (κ3) is 3.45. The Bertz CT molecular complexity index is 849. The molecule has 0 saturated heterocycles. The van der Waals surface area contributed by atoms with E-state index in [0.29, 0.717) is 5.71 Å². The Hall–Kier alpha value is -1.51. The first-order chi connectivity index (χ1) is 10.4. The monoisotopic (exact) mass is 355 g/mol. The first-order valence-corrected chi connectivity index (χ1v) is 9.39. The molecule has 2 aromatic rings. The van der Waals surface area contributed by atoms with Gasteiger partial charge in [0.05, 0.1) is 15.5 Å². The molecule has 8 heteroatoms. The normalized spacial score (nSPS) is 12.4. The highest BCUT2D eigenvalue weighted by Gasteiger charge is 2.14. The lowest BCUT2D eigenvalue weighted by molar-refractivity contribution is 0.584. The van der Waals surface area contributed by atoms with Gasteiger partial charge < -0.3 is 4.57 Å². The summed E-state index contributed by atoms with van der Waals surface area (Å²) in [6, 6.07) is 8.15. The van der Waals surface area contributed by atoms with Crippen molar-refractivity contribution in [1.82, 2.24) is 9.40 Å². The summed E-state index contributed by atoms with van der Waals surface area (Å²) in [5, 5.41) is 4.02. The summed E-state index contributed by atoms with van der Waals surface area (Å²) in [7, 11) is -3.65. The maximum atomic E-state index is 12.1. The molecular formula is C14H17N3O2S3. The van der Waals surface area contributed by atoms with Gasteiger partial charge >= 0.3 is 0 Å². The minimum Gasteiger partial charge on any atom is -0.327 e. The second-order valence-electron chi connectivity index (χ2n) is 4.63. The second-order valence-corrected chi connectivity index (χ2v) is 7.94. The average Bonchev–Trinajstić information content (AvgIpc) is 2.80. The topological polar surface area (TPSA) is 63.5 Å². The Morgan fingerprint density at radius 1 is 1.36 bits per heavy atom. The molecule has 118 valence electrons. The standard InChI is InChI=1S/C14H17N3O2S3/c1-4-17-11(3)13(21-14(17)20)10(2)15-16-22(18,19)12-8-6-5-7-9-12/h5-9,16H,4H2,1-3H3/b15-10-. The quantitative estimate of drug-likeness (QED) is 0.508. The predicted molar refractivity (Wildman–Crippen MR) is 92.5 cm³/mol. The molecule has 5 nitrogen and oxygen atoms in total. The molecule has 1 aromatic heterocycles. The van der Waals surface area contributed by atoms with Crippen LogP contribution >= 0.6 is 23.6 Å². The van der Waals surface area contributed by atoms with Gasteiger partial charge in [0.1, 0.15) is 0 Å². The summed E-state index contributed by atoms with van der Waals surface area (Å²) in [5.74, 6) is 0. The van der Waals surface area contributed by atoms with E-state index in [1.165, 1.54) is 23.5 Å². The summed E-state index contributed by atoms with van der Waals surface area (Å²) in [5.41, 5.74) is 1.60. The number of rotatable bonds is 5. The van der Waals surface area contributed by atoms with Gasteiger partial charge in [0.25, 0.3) is 10.0 Å². The van der Waals surface area contributed by atoms with E-state index in [0.717, 1.165) is 21.1 Å². The van der Waals surface area contributed by atoms with Crippen LogP contribution < -0.4 is 4.83 Å². The van der Waals surface area contributed by atoms with E-state index in [1.54, 1.807) is 25.1 Å². The fraction of sp³-hybridized carbons (Fsp3) is 0.286. The van der Waals surface area contributed by atoms with Crippen LogP contribution in [-0.2, 0) is 16.6 Å². The zero-order valence-corrected chi connectivity index (χ0v) is 15.0. The van der Waals surface area contributed by atoms with Crippen molar-refractivity contribution in [1.29, 1.82) is 0 Å². The highest BCUT2D eigenvalue weighted by atomic mass is 32.2. The van der Waals surface area contributed by atoms with Crippen LogP contribution in [-0.4, -0.2) is 18.7 Å². The van der Waals surface area contributed by atoms with E-state index >= 15 is 0 Å². The van der Waals surface area contributed by atoms with Crippen LogP contribution in [0.15, 0.2) is 40.3 Å². The Morgan fingerprint density at radius 2 is 2.00 bits per heavy atom. The molecule has 0 unspecified atom stereocenters. The average molecular weight is 356 g/mol. The fourth-order valence-corrected chi connectivity index (χ4v) is 4.41. The summed E-state index contributed by atoms with van der Waals surface area (Å²) >= 11 is 6.73. The van der Waals surface area contributed by atoms with Crippen LogP contribution in [0.1, 0.15) is 24.4 Å². The highest BCUT2D eigenvalue weighted by molar-refractivity contribution is 7.89. The largest absolute Gasteiger partial charge is 0.327 e.